The van der Waals surface area contributed by atoms with Crippen LogP contribution < -0.4 is 10.0 Å². The molecule has 0 aromatic rings. The van der Waals surface area contributed by atoms with Gasteiger partial charge in [0.1, 0.15) is 0 Å². The Morgan fingerprint density at radius 1 is 1.47 bits per heavy atom. The summed E-state index contributed by atoms with van der Waals surface area (Å²) in [5.74, 6) is 1.14. The van der Waals surface area contributed by atoms with Gasteiger partial charge in [0.15, 0.2) is 0 Å². The van der Waals surface area contributed by atoms with Crippen LogP contribution in [-0.2, 0) is 10.0 Å². The normalized spacial score (nSPS) is 27.2. The quantitative estimate of drug-likeness (QED) is 0.735. The van der Waals surface area contributed by atoms with E-state index in [2.05, 4.69) is 17.0 Å². The molecule has 0 saturated carbocycles. The molecular formula is C11H24N2O2S2. The summed E-state index contributed by atoms with van der Waals surface area (Å²) < 4.78 is 26.8. The van der Waals surface area contributed by atoms with Crippen LogP contribution in [-0.4, -0.2) is 43.8 Å². The van der Waals surface area contributed by atoms with Crippen LogP contribution in [0.1, 0.15) is 33.6 Å². The number of thioether (sulfide) groups is 1. The van der Waals surface area contributed by atoms with E-state index < -0.39 is 10.0 Å². The minimum atomic E-state index is -3.18. The van der Waals surface area contributed by atoms with Gasteiger partial charge >= 0.3 is 0 Å². The third kappa shape index (κ3) is 4.77. The average molecular weight is 280 g/mol. The van der Waals surface area contributed by atoms with Crippen molar-refractivity contribution in [2.45, 2.75) is 43.6 Å². The van der Waals surface area contributed by atoms with Gasteiger partial charge < -0.3 is 5.32 Å². The van der Waals surface area contributed by atoms with E-state index in [1.165, 1.54) is 6.42 Å². The number of hydrogen-bond donors (Lipinski definition) is 2. The first kappa shape index (κ1) is 15.3. The lowest BCUT2D eigenvalue weighted by atomic mass is 10.1. The molecule has 2 N–H and O–H groups in total. The average Bonchev–Trinajstić information content (AvgIpc) is 2.71. The molecule has 2 atom stereocenters. The van der Waals surface area contributed by atoms with Gasteiger partial charge in [-0.15, -0.1) is 0 Å². The minimum absolute atomic E-state index is 0.0883. The Labute approximate surface area is 109 Å². The lowest BCUT2D eigenvalue weighted by Gasteiger charge is -2.24. The summed E-state index contributed by atoms with van der Waals surface area (Å²) >= 11 is 1.87. The van der Waals surface area contributed by atoms with E-state index in [0.717, 1.165) is 18.7 Å². The van der Waals surface area contributed by atoms with Gasteiger partial charge in [0.05, 0.1) is 5.25 Å². The fraction of sp³-hybridized carbons (Fsp3) is 1.00. The van der Waals surface area contributed by atoms with E-state index in [-0.39, 0.29) is 10.00 Å². The molecule has 2 unspecified atom stereocenters. The molecule has 1 aliphatic rings. The zero-order valence-electron chi connectivity index (χ0n) is 11.0. The van der Waals surface area contributed by atoms with Crippen molar-refractivity contribution in [3.63, 3.8) is 0 Å². The molecule has 1 fully saturated rings. The van der Waals surface area contributed by atoms with Crippen molar-refractivity contribution in [1.29, 1.82) is 0 Å². The summed E-state index contributed by atoms with van der Waals surface area (Å²) in [7, 11) is -3.18. The van der Waals surface area contributed by atoms with Gasteiger partial charge in [-0.05, 0) is 39.0 Å². The highest BCUT2D eigenvalue weighted by Gasteiger charge is 2.31. The van der Waals surface area contributed by atoms with E-state index in [4.69, 9.17) is 0 Å². The Balaban J connectivity index is 2.43. The highest BCUT2D eigenvalue weighted by atomic mass is 32.2. The Morgan fingerprint density at radius 3 is 2.71 bits per heavy atom. The third-order valence-electron chi connectivity index (χ3n) is 3.16. The maximum absolute atomic E-state index is 12.0. The molecule has 102 valence electrons. The molecule has 0 bridgehead atoms. The van der Waals surface area contributed by atoms with Crippen molar-refractivity contribution < 1.29 is 8.42 Å². The summed E-state index contributed by atoms with van der Waals surface area (Å²) in [4.78, 5) is 0. The van der Waals surface area contributed by atoms with Crippen molar-refractivity contribution in [3.8, 4) is 0 Å². The predicted molar refractivity (Wildman–Crippen MR) is 75.0 cm³/mol. The highest BCUT2D eigenvalue weighted by molar-refractivity contribution is 8.01. The first-order valence-corrected chi connectivity index (χ1v) is 8.76. The van der Waals surface area contributed by atoms with Crippen LogP contribution in [0.2, 0.25) is 0 Å². The SMILES string of the molecule is CCNCC(C)S(=O)(=O)NCC1(C)CCCS1. The van der Waals surface area contributed by atoms with Crippen molar-refractivity contribution in [2.75, 3.05) is 25.4 Å². The van der Waals surface area contributed by atoms with Crippen LogP contribution in [0.4, 0.5) is 0 Å². The Kier molecular flexibility index (Phi) is 5.76. The molecule has 17 heavy (non-hydrogen) atoms. The fourth-order valence-electron chi connectivity index (χ4n) is 1.83. The first-order chi connectivity index (χ1) is 7.90. The monoisotopic (exact) mass is 280 g/mol. The molecule has 6 heteroatoms. The fourth-order valence-corrected chi connectivity index (χ4v) is 4.31. The van der Waals surface area contributed by atoms with Crippen LogP contribution in [0.15, 0.2) is 0 Å². The zero-order chi connectivity index (χ0) is 12.9. The van der Waals surface area contributed by atoms with Crippen LogP contribution in [0, 0.1) is 0 Å². The molecule has 0 amide bonds. The number of sulfonamides is 1. The van der Waals surface area contributed by atoms with Crippen LogP contribution in [0.25, 0.3) is 0 Å². The molecule has 1 saturated heterocycles. The van der Waals surface area contributed by atoms with Gasteiger partial charge in [-0.25, -0.2) is 13.1 Å². The van der Waals surface area contributed by atoms with Crippen molar-refractivity contribution >= 4 is 21.8 Å². The Bertz CT molecular complexity index is 324. The maximum Gasteiger partial charge on any atom is 0.215 e. The van der Waals surface area contributed by atoms with Crippen molar-refractivity contribution in [3.05, 3.63) is 0 Å². The summed E-state index contributed by atoms with van der Waals surface area (Å²) in [5, 5.41) is 2.69. The molecular weight excluding hydrogens is 256 g/mol. The first-order valence-electron chi connectivity index (χ1n) is 6.23. The zero-order valence-corrected chi connectivity index (χ0v) is 12.6. The molecule has 1 rings (SSSR count). The van der Waals surface area contributed by atoms with Gasteiger partial charge in [0.2, 0.25) is 10.0 Å². The minimum Gasteiger partial charge on any atom is -0.316 e. The Morgan fingerprint density at radius 2 is 2.18 bits per heavy atom. The van der Waals surface area contributed by atoms with Crippen LogP contribution >= 0.6 is 11.8 Å². The van der Waals surface area contributed by atoms with E-state index in [1.54, 1.807) is 6.92 Å². The molecule has 0 aromatic carbocycles. The molecule has 4 nitrogen and oxygen atoms in total. The standard InChI is InChI=1S/C11H24N2O2S2/c1-4-12-8-10(2)17(14,15)13-9-11(3)6-5-7-16-11/h10,12-13H,4-9H2,1-3H3. The summed E-state index contributed by atoms with van der Waals surface area (Å²) in [6.45, 7) is 7.72. The lowest BCUT2D eigenvalue weighted by Crippen LogP contribution is -2.43. The number of hydrogen-bond acceptors (Lipinski definition) is 4. The van der Waals surface area contributed by atoms with Gasteiger partial charge in [-0.2, -0.15) is 11.8 Å². The second-order valence-electron chi connectivity index (χ2n) is 4.89. The second-order valence-corrected chi connectivity index (χ2v) is 8.75. The highest BCUT2D eigenvalue weighted by Crippen LogP contribution is 2.37. The molecule has 0 radical (unpaired) electrons. The molecule has 1 heterocycles. The summed E-state index contributed by atoms with van der Waals surface area (Å²) in [5.41, 5.74) is 0. The Hall–Kier alpha value is 0.220. The van der Waals surface area contributed by atoms with Crippen molar-refractivity contribution in [2.24, 2.45) is 0 Å². The predicted octanol–water partition coefficient (Wildman–Crippen LogP) is 1.19. The maximum atomic E-state index is 12.0. The van der Waals surface area contributed by atoms with E-state index in [1.807, 2.05) is 18.7 Å². The lowest BCUT2D eigenvalue weighted by molar-refractivity contribution is 0.538. The van der Waals surface area contributed by atoms with E-state index in [9.17, 15) is 8.42 Å². The van der Waals surface area contributed by atoms with Crippen molar-refractivity contribution in [1.82, 2.24) is 10.0 Å². The third-order valence-corrected chi connectivity index (χ3v) is 6.47. The molecule has 0 aromatic heterocycles. The topological polar surface area (TPSA) is 58.2 Å². The van der Waals surface area contributed by atoms with Crippen LogP contribution in [0.3, 0.4) is 0 Å². The van der Waals surface area contributed by atoms with Gasteiger partial charge in [-0.3, -0.25) is 0 Å². The summed E-state index contributed by atoms with van der Waals surface area (Å²) in [6.07, 6.45) is 2.29. The molecule has 0 aliphatic carbocycles. The smallest absolute Gasteiger partial charge is 0.215 e. The molecule has 1 aliphatic heterocycles. The van der Waals surface area contributed by atoms with E-state index in [0.29, 0.717) is 13.1 Å². The summed E-state index contributed by atoms with van der Waals surface area (Å²) in [6, 6.07) is 0. The largest absolute Gasteiger partial charge is 0.316 e. The van der Waals surface area contributed by atoms with Gasteiger partial charge in [0, 0.05) is 17.8 Å². The van der Waals surface area contributed by atoms with Gasteiger partial charge in [-0.1, -0.05) is 6.92 Å². The van der Waals surface area contributed by atoms with Gasteiger partial charge in [0.25, 0.3) is 0 Å². The molecule has 0 spiro atoms. The number of nitrogens with one attached hydrogen (secondary N) is 2. The second kappa shape index (κ2) is 6.41. The van der Waals surface area contributed by atoms with E-state index >= 15 is 0 Å². The number of rotatable bonds is 7. The van der Waals surface area contributed by atoms with Crippen LogP contribution in [0.5, 0.6) is 0 Å².